The summed E-state index contributed by atoms with van der Waals surface area (Å²) >= 11 is 0. The first-order valence-corrected chi connectivity index (χ1v) is 7.48. The van der Waals surface area contributed by atoms with Crippen LogP contribution in [-0.2, 0) is 9.84 Å². The van der Waals surface area contributed by atoms with Gasteiger partial charge in [-0.25, -0.2) is 17.2 Å². The quantitative estimate of drug-likeness (QED) is 0.818. The van der Waals surface area contributed by atoms with Gasteiger partial charge in [-0.05, 0) is 24.3 Å². The second-order valence-electron chi connectivity index (χ2n) is 4.23. The lowest BCUT2D eigenvalue weighted by molar-refractivity contribution is 0.103. The lowest BCUT2D eigenvalue weighted by atomic mass is 10.0. The molecule has 0 bridgehead atoms. The third kappa shape index (κ3) is 2.75. The topological polar surface area (TPSA) is 51.2 Å². The number of hydrogen-bond donors (Lipinski definition) is 0. The molecule has 0 fully saturated rings. The summed E-state index contributed by atoms with van der Waals surface area (Å²) in [4.78, 5) is 12.0. The number of carbonyl (C=O) groups excluding carboxylic acids is 1. The van der Waals surface area contributed by atoms with E-state index in [0.29, 0.717) is 0 Å². The molecule has 0 heterocycles. The van der Waals surface area contributed by atoms with E-state index in [-0.39, 0.29) is 10.5 Å². The standard InChI is InChI=1S/C14H10F2O3S/c1-20(18,19)10-5-2-4-9(8-10)14(17)13-11(15)6-3-7-12(13)16/h2-8H,1H3. The average Bonchev–Trinajstić information content (AvgIpc) is 2.37. The largest absolute Gasteiger partial charge is 0.288 e. The van der Waals surface area contributed by atoms with Gasteiger partial charge >= 0.3 is 0 Å². The maximum absolute atomic E-state index is 13.5. The van der Waals surface area contributed by atoms with E-state index in [4.69, 9.17) is 0 Å². The summed E-state index contributed by atoms with van der Waals surface area (Å²) in [6.07, 6.45) is 0.986. The van der Waals surface area contributed by atoms with Crippen LogP contribution >= 0.6 is 0 Å². The minimum absolute atomic E-state index is 0.0832. The van der Waals surface area contributed by atoms with Crippen LogP contribution in [0.25, 0.3) is 0 Å². The summed E-state index contributed by atoms with van der Waals surface area (Å²) in [5.41, 5.74) is -0.782. The summed E-state index contributed by atoms with van der Waals surface area (Å²) in [5.74, 6) is -2.87. The molecule has 20 heavy (non-hydrogen) atoms. The van der Waals surface area contributed by atoms with Crippen LogP contribution in [-0.4, -0.2) is 20.5 Å². The average molecular weight is 296 g/mol. The number of hydrogen-bond acceptors (Lipinski definition) is 3. The molecule has 0 spiro atoms. The molecule has 104 valence electrons. The van der Waals surface area contributed by atoms with Gasteiger partial charge in [0.1, 0.15) is 11.6 Å². The molecule has 0 atom stereocenters. The molecule has 0 N–H and O–H groups in total. The van der Waals surface area contributed by atoms with Crippen LogP contribution in [0.5, 0.6) is 0 Å². The van der Waals surface area contributed by atoms with Gasteiger partial charge in [0.15, 0.2) is 15.6 Å². The van der Waals surface area contributed by atoms with E-state index in [0.717, 1.165) is 30.5 Å². The zero-order valence-electron chi connectivity index (χ0n) is 10.4. The minimum atomic E-state index is -3.50. The lowest BCUT2D eigenvalue weighted by Gasteiger charge is -2.05. The van der Waals surface area contributed by atoms with E-state index in [9.17, 15) is 22.0 Å². The zero-order valence-corrected chi connectivity index (χ0v) is 11.2. The molecule has 0 unspecified atom stereocenters. The van der Waals surface area contributed by atoms with Gasteiger partial charge in [0.05, 0.1) is 10.5 Å². The molecule has 0 aromatic heterocycles. The van der Waals surface area contributed by atoms with Crippen LogP contribution in [0.1, 0.15) is 15.9 Å². The van der Waals surface area contributed by atoms with Crippen LogP contribution in [0.3, 0.4) is 0 Å². The second-order valence-corrected chi connectivity index (χ2v) is 6.24. The van der Waals surface area contributed by atoms with E-state index in [1.807, 2.05) is 0 Å². The third-order valence-electron chi connectivity index (χ3n) is 2.71. The molecule has 0 aliphatic carbocycles. The van der Waals surface area contributed by atoms with Gasteiger partial charge in [0.25, 0.3) is 0 Å². The molecular formula is C14H10F2O3S. The first-order valence-electron chi connectivity index (χ1n) is 5.59. The number of halogens is 2. The van der Waals surface area contributed by atoms with Gasteiger partial charge in [0, 0.05) is 11.8 Å². The molecule has 0 saturated heterocycles. The van der Waals surface area contributed by atoms with Crippen molar-refractivity contribution >= 4 is 15.6 Å². The molecule has 0 saturated carbocycles. The molecule has 0 aliphatic rings. The Morgan fingerprint density at radius 2 is 1.55 bits per heavy atom. The molecular weight excluding hydrogens is 286 g/mol. The summed E-state index contributed by atoms with van der Waals surface area (Å²) in [7, 11) is -3.50. The number of sulfone groups is 1. The Bertz CT molecular complexity index is 763. The van der Waals surface area contributed by atoms with Crippen LogP contribution in [0, 0.1) is 11.6 Å². The van der Waals surface area contributed by atoms with E-state index in [1.165, 1.54) is 18.2 Å². The Morgan fingerprint density at radius 3 is 2.10 bits per heavy atom. The van der Waals surface area contributed by atoms with Crippen LogP contribution in [0.15, 0.2) is 47.4 Å². The van der Waals surface area contributed by atoms with Crippen LogP contribution in [0.4, 0.5) is 8.78 Å². The van der Waals surface area contributed by atoms with Gasteiger partial charge < -0.3 is 0 Å². The van der Waals surface area contributed by atoms with Gasteiger partial charge in [0.2, 0.25) is 0 Å². The summed E-state index contributed by atoms with van der Waals surface area (Å²) in [6, 6.07) is 8.15. The molecule has 6 heteroatoms. The summed E-state index contributed by atoms with van der Waals surface area (Å²) < 4.78 is 49.9. The maximum Gasteiger partial charge on any atom is 0.198 e. The van der Waals surface area contributed by atoms with Crippen molar-refractivity contribution in [2.45, 2.75) is 4.90 Å². The van der Waals surface area contributed by atoms with Crippen LogP contribution < -0.4 is 0 Å². The first-order chi connectivity index (χ1) is 9.30. The highest BCUT2D eigenvalue weighted by Gasteiger charge is 2.20. The predicted octanol–water partition coefficient (Wildman–Crippen LogP) is 2.60. The predicted molar refractivity (Wildman–Crippen MR) is 69.3 cm³/mol. The highest BCUT2D eigenvalue weighted by molar-refractivity contribution is 7.90. The van der Waals surface area contributed by atoms with Crippen molar-refractivity contribution < 1.29 is 22.0 Å². The zero-order chi connectivity index (χ0) is 14.9. The van der Waals surface area contributed by atoms with E-state index in [2.05, 4.69) is 0 Å². The smallest absolute Gasteiger partial charge is 0.198 e. The van der Waals surface area contributed by atoms with Crippen molar-refractivity contribution in [1.82, 2.24) is 0 Å². The first kappa shape index (κ1) is 14.3. The van der Waals surface area contributed by atoms with E-state index >= 15 is 0 Å². The van der Waals surface area contributed by atoms with Gasteiger partial charge in [-0.3, -0.25) is 4.79 Å². The third-order valence-corrected chi connectivity index (χ3v) is 3.82. The second kappa shape index (κ2) is 5.13. The van der Waals surface area contributed by atoms with E-state index in [1.54, 1.807) is 0 Å². The minimum Gasteiger partial charge on any atom is -0.288 e. The Morgan fingerprint density at radius 1 is 1.00 bits per heavy atom. The van der Waals surface area contributed by atoms with Crippen molar-refractivity contribution in [2.24, 2.45) is 0 Å². The fourth-order valence-electron chi connectivity index (χ4n) is 1.73. The van der Waals surface area contributed by atoms with Gasteiger partial charge in [-0.2, -0.15) is 0 Å². The normalized spacial score (nSPS) is 11.3. The van der Waals surface area contributed by atoms with Crippen molar-refractivity contribution in [2.75, 3.05) is 6.26 Å². The molecule has 0 amide bonds. The molecule has 3 nitrogen and oxygen atoms in total. The van der Waals surface area contributed by atoms with E-state index < -0.39 is 32.8 Å². The Hall–Kier alpha value is -2.08. The summed E-state index contributed by atoms with van der Waals surface area (Å²) in [5, 5.41) is 0. The van der Waals surface area contributed by atoms with Crippen molar-refractivity contribution in [3.63, 3.8) is 0 Å². The fraction of sp³-hybridized carbons (Fsp3) is 0.0714. The number of carbonyl (C=O) groups is 1. The van der Waals surface area contributed by atoms with Crippen LogP contribution in [0.2, 0.25) is 0 Å². The van der Waals surface area contributed by atoms with Gasteiger partial charge in [-0.1, -0.05) is 18.2 Å². The fourth-order valence-corrected chi connectivity index (χ4v) is 2.39. The highest BCUT2D eigenvalue weighted by atomic mass is 32.2. The van der Waals surface area contributed by atoms with Crippen molar-refractivity contribution in [3.8, 4) is 0 Å². The Labute approximate surface area is 114 Å². The summed E-state index contributed by atoms with van der Waals surface area (Å²) in [6.45, 7) is 0. The number of rotatable bonds is 3. The number of ketones is 1. The molecule has 0 aliphatic heterocycles. The molecule has 2 rings (SSSR count). The number of benzene rings is 2. The lowest BCUT2D eigenvalue weighted by Crippen LogP contribution is -2.08. The highest BCUT2D eigenvalue weighted by Crippen LogP contribution is 2.19. The molecule has 2 aromatic carbocycles. The monoisotopic (exact) mass is 296 g/mol. The Kier molecular flexibility index (Phi) is 3.67. The Balaban J connectivity index is 2.55. The van der Waals surface area contributed by atoms with Crippen molar-refractivity contribution in [3.05, 3.63) is 65.2 Å². The molecule has 0 radical (unpaired) electrons. The van der Waals surface area contributed by atoms with Crippen molar-refractivity contribution in [1.29, 1.82) is 0 Å². The van der Waals surface area contributed by atoms with Gasteiger partial charge in [-0.15, -0.1) is 0 Å². The maximum atomic E-state index is 13.5. The molecule has 2 aromatic rings. The SMILES string of the molecule is CS(=O)(=O)c1cccc(C(=O)c2c(F)cccc2F)c1.